The minimum Gasteiger partial charge on any atom is -0.308 e. The third kappa shape index (κ3) is 2.86. The molecule has 0 spiro atoms. The molecule has 0 atom stereocenters. The highest BCUT2D eigenvalue weighted by molar-refractivity contribution is 7.99. The number of aromatic nitrogens is 2. The predicted molar refractivity (Wildman–Crippen MR) is 69.7 cm³/mol. The Morgan fingerprint density at radius 3 is 2.38 bits per heavy atom. The Bertz CT molecular complexity index is 371. The molecule has 0 amide bonds. The number of hydrogen-bond acceptors (Lipinski definition) is 5. The molecule has 90 valence electrons. The Morgan fingerprint density at radius 2 is 1.94 bits per heavy atom. The minimum atomic E-state index is -0.0671. The maximum Gasteiger partial charge on any atom is 0.147 e. The van der Waals surface area contributed by atoms with Gasteiger partial charge in [-0.3, -0.25) is 0 Å². The largest absolute Gasteiger partial charge is 0.308 e. The van der Waals surface area contributed by atoms with Crippen LogP contribution in [0.3, 0.4) is 0 Å². The fourth-order valence-corrected chi connectivity index (χ4v) is 1.99. The first-order valence-electron chi connectivity index (χ1n) is 5.38. The van der Waals surface area contributed by atoms with Gasteiger partial charge < -0.3 is 5.43 Å². The van der Waals surface area contributed by atoms with Crippen LogP contribution in [0.5, 0.6) is 0 Å². The highest BCUT2D eigenvalue weighted by atomic mass is 32.2. The molecular weight excluding hydrogens is 220 g/mol. The monoisotopic (exact) mass is 240 g/mol. The number of nitrogens with zero attached hydrogens (tertiary/aromatic N) is 2. The number of anilines is 1. The number of hydrogen-bond donors (Lipinski definition) is 2. The summed E-state index contributed by atoms with van der Waals surface area (Å²) in [4.78, 5) is 9.04. The van der Waals surface area contributed by atoms with Crippen LogP contribution in [-0.4, -0.2) is 15.7 Å². The third-order valence-corrected chi connectivity index (χ3v) is 3.15. The summed E-state index contributed by atoms with van der Waals surface area (Å²) in [6.45, 7) is 10.4. The number of nitrogens with two attached hydrogens (primary N) is 1. The zero-order chi connectivity index (χ0) is 12.3. The second-order valence-corrected chi connectivity index (χ2v) is 5.91. The van der Waals surface area contributed by atoms with Gasteiger partial charge in [-0.05, 0) is 12.7 Å². The van der Waals surface area contributed by atoms with Crippen LogP contribution >= 0.6 is 11.8 Å². The molecule has 1 aromatic heterocycles. The molecule has 1 heterocycles. The van der Waals surface area contributed by atoms with Crippen molar-refractivity contribution in [3.05, 3.63) is 11.4 Å². The van der Waals surface area contributed by atoms with Gasteiger partial charge in [0.05, 0.1) is 0 Å². The summed E-state index contributed by atoms with van der Waals surface area (Å²) in [5, 5.41) is 1.01. The minimum absolute atomic E-state index is 0.0671. The molecule has 5 heteroatoms. The van der Waals surface area contributed by atoms with Gasteiger partial charge in [0.15, 0.2) is 0 Å². The number of hydrazine groups is 1. The summed E-state index contributed by atoms with van der Waals surface area (Å²) in [5.41, 5.74) is 3.59. The van der Waals surface area contributed by atoms with Crippen LogP contribution in [-0.2, 0) is 5.41 Å². The van der Waals surface area contributed by atoms with Crippen LogP contribution in [0.25, 0.3) is 0 Å². The van der Waals surface area contributed by atoms with Gasteiger partial charge in [0.2, 0.25) is 0 Å². The molecule has 0 fully saturated rings. The van der Waals surface area contributed by atoms with E-state index in [1.165, 1.54) is 0 Å². The van der Waals surface area contributed by atoms with Crippen LogP contribution in [0.4, 0.5) is 5.82 Å². The highest BCUT2D eigenvalue weighted by Gasteiger charge is 2.20. The lowest BCUT2D eigenvalue weighted by Crippen LogP contribution is -2.20. The molecule has 16 heavy (non-hydrogen) atoms. The predicted octanol–water partition coefficient (Wildman–Crippen LogP) is 2.48. The normalized spacial score (nSPS) is 11.6. The molecule has 0 aliphatic carbocycles. The van der Waals surface area contributed by atoms with Crippen molar-refractivity contribution in [1.82, 2.24) is 9.97 Å². The fourth-order valence-electron chi connectivity index (χ4n) is 1.25. The summed E-state index contributed by atoms with van der Waals surface area (Å²) >= 11 is 1.72. The maximum atomic E-state index is 5.48. The van der Waals surface area contributed by atoms with Gasteiger partial charge in [0.1, 0.15) is 16.7 Å². The summed E-state index contributed by atoms with van der Waals surface area (Å²) in [5.74, 6) is 8.01. The topological polar surface area (TPSA) is 63.8 Å². The molecule has 0 bridgehead atoms. The van der Waals surface area contributed by atoms with E-state index in [-0.39, 0.29) is 5.41 Å². The summed E-state index contributed by atoms with van der Waals surface area (Å²) < 4.78 is 0. The van der Waals surface area contributed by atoms with Crippen molar-refractivity contribution in [3.8, 4) is 0 Å². The zero-order valence-electron chi connectivity index (χ0n) is 10.6. The Labute approximate surface area is 101 Å². The lowest BCUT2D eigenvalue weighted by atomic mass is 9.95. The summed E-state index contributed by atoms with van der Waals surface area (Å²) in [6.07, 6.45) is 0. The molecule has 0 aliphatic heterocycles. The van der Waals surface area contributed by atoms with Crippen molar-refractivity contribution in [2.45, 2.75) is 45.1 Å². The Morgan fingerprint density at radius 1 is 1.31 bits per heavy atom. The van der Waals surface area contributed by atoms with Gasteiger partial charge in [0.25, 0.3) is 0 Å². The average Bonchev–Trinajstić information content (AvgIpc) is 2.19. The molecule has 0 aromatic carbocycles. The maximum absolute atomic E-state index is 5.48. The fraction of sp³-hybridized carbons (Fsp3) is 0.636. The van der Waals surface area contributed by atoms with Gasteiger partial charge >= 0.3 is 0 Å². The molecule has 0 saturated carbocycles. The van der Waals surface area contributed by atoms with Gasteiger partial charge in [0, 0.05) is 11.0 Å². The number of nitrogens with one attached hydrogen (secondary N) is 1. The molecule has 0 saturated heterocycles. The van der Waals surface area contributed by atoms with Crippen LogP contribution < -0.4 is 11.3 Å². The standard InChI is InChI=1S/C11H20N4S/c1-6-16-9-7(2)8(15-12)13-10(14-9)11(3,4)5/h6,12H2,1-5H3,(H,13,14,15). The van der Waals surface area contributed by atoms with E-state index in [9.17, 15) is 0 Å². The van der Waals surface area contributed by atoms with Crippen LogP contribution in [0.15, 0.2) is 5.03 Å². The highest BCUT2D eigenvalue weighted by Crippen LogP contribution is 2.28. The van der Waals surface area contributed by atoms with E-state index in [0.29, 0.717) is 0 Å². The molecule has 0 aliphatic rings. The Kier molecular flexibility index (Phi) is 4.15. The van der Waals surface area contributed by atoms with Gasteiger partial charge in [-0.2, -0.15) is 0 Å². The third-order valence-electron chi connectivity index (χ3n) is 2.19. The van der Waals surface area contributed by atoms with E-state index in [0.717, 1.165) is 28.0 Å². The van der Waals surface area contributed by atoms with E-state index >= 15 is 0 Å². The summed E-state index contributed by atoms with van der Waals surface area (Å²) in [7, 11) is 0. The second kappa shape index (κ2) is 5.01. The molecular formula is C11H20N4S. The smallest absolute Gasteiger partial charge is 0.147 e. The van der Waals surface area contributed by atoms with Crippen molar-refractivity contribution >= 4 is 17.6 Å². The van der Waals surface area contributed by atoms with E-state index in [2.05, 4.69) is 43.1 Å². The van der Waals surface area contributed by atoms with Crippen LogP contribution in [0, 0.1) is 6.92 Å². The van der Waals surface area contributed by atoms with Crippen LogP contribution in [0.1, 0.15) is 39.1 Å². The molecule has 3 N–H and O–H groups in total. The SMILES string of the molecule is CCSc1nc(C(C)(C)C)nc(NN)c1C. The molecule has 4 nitrogen and oxygen atoms in total. The van der Waals surface area contributed by atoms with Crippen molar-refractivity contribution in [3.63, 3.8) is 0 Å². The van der Waals surface area contributed by atoms with Gasteiger partial charge in [-0.1, -0.05) is 27.7 Å². The average molecular weight is 240 g/mol. The first-order chi connectivity index (χ1) is 7.40. The molecule has 1 aromatic rings. The first-order valence-corrected chi connectivity index (χ1v) is 6.37. The zero-order valence-corrected chi connectivity index (χ0v) is 11.4. The first kappa shape index (κ1) is 13.3. The van der Waals surface area contributed by atoms with E-state index in [1.807, 2.05) is 6.92 Å². The number of thioether (sulfide) groups is 1. The van der Waals surface area contributed by atoms with Crippen molar-refractivity contribution < 1.29 is 0 Å². The molecule has 0 unspecified atom stereocenters. The Balaban J connectivity index is 3.28. The number of nitrogen functional groups attached to an aromatic ring is 1. The lowest BCUT2D eigenvalue weighted by molar-refractivity contribution is 0.538. The van der Waals surface area contributed by atoms with E-state index in [1.54, 1.807) is 11.8 Å². The lowest BCUT2D eigenvalue weighted by Gasteiger charge is -2.19. The van der Waals surface area contributed by atoms with E-state index < -0.39 is 0 Å². The quantitative estimate of drug-likeness (QED) is 0.368. The second-order valence-electron chi connectivity index (χ2n) is 4.65. The van der Waals surface area contributed by atoms with Crippen molar-refractivity contribution in [1.29, 1.82) is 0 Å². The number of rotatable bonds is 3. The van der Waals surface area contributed by atoms with Crippen molar-refractivity contribution in [2.24, 2.45) is 5.84 Å². The molecule has 0 radical (unpaired) electrons. The Hall–Kier alpha value is -0.810. The van der Waals surface area contributed by atoms with E-state index in [4.69, 9.17) is 5.84 Å². The van der Waals surface area contributed by atoms with Crippen molar-refractivity contribution in [2.75, 3.05) is 11.2 Å². The van der Waals surface area contributed by atoms with Gasteiger partial charge in [-0.25, -0.2) is 15.8 Å². The summed E-state index contributed by atoms with van der Waals surface area (Å²) in [6, 6.07) is 0. The van der Waals surface area contributed by atoms with Crippen LogP contribution in [0.2, 0.25) is 0 Å². The van der Waals surface area contributed by atoms with Gasteiger partial charge in [-0.15, -0.1) is 11.8 Å². The molecule has 1 rings (SSSR count).